The number of likely N-dealkylation sites (tertiary alicyclic amines) is 1. The lowest BCUT2D eigenvalue weighted by atomic mass is 9.99. The molecule has 0 aromatic heterocycles. The number of carbonyl (C=O) groups is 1. The van der Waals surface area contributed by atoms with Crippen molar-refractivity contribution in [3.05, 3.63) is 28.8 Å². The predicted molar refractivity (Wildman–Crippen MR) is 94.0 cm³/mol. The summed E-state index contributed by atoms with van der Waals surface area (Å²) < 4.78 is 49.7. The second-order valence-electron chi connectivity index (χ2n) is 7.12. The van der Waals surface area contributed by atoms with Crippen LogP contribution in [0.5, 0.6) is 5.75 Å². The van der Waals surface area contributed by atoms with Crippen molar-refractivity contribution in [3.8, 4) is 5.75 Å². The second-order valence-corrected chi connectivity index (χ2v) is 7.12. The maximum atomic E-state index is 13.0. The van der Waals surface area contributed by atoms with Gasteiger partial charge in [-0.15, -0.1) is 0 Å². The van der Waals surface area contributed by atoms with Crippen molar-refractivity contribution in [2.45, 2.75) is 44.4 Å². The smallest absolute Gasteiger partial charge is 0.416 e. The van der Waals surface area contributed by atoms with Gasteiger partial charge in [0.15, 0.2) is 0 Å². The maximum absolute atomic E-state index is 13.0. The number of nitrogens with zero attached hydrogens (tertiary/aromatic N) is 1. The number of hydrogen-bond acceptors (Lipinski definition) is 4. The zero-order valence-electron chi connectivity index (χ0n) is 15.6. The van der Waals surface area contributed by atoms with E-state index in [-0.39, 0.29) is 29.0 Å². The number of halogens is 3. The number of aryl methyl sites for hydroxylation is 1. The molecule has 2 atom stereocenters. The van der Waals surface area contributed by atoms with Gasteiger partial charge in [0.1, 0.15) is 5.75 Å². The van der Waals surface area contributed by atoms with E-state index in [0.717, 1.165) is 44.5 Å². The third-order valence-corrected chi connectivity index (χ3v) is 5.32. The molecule has 0 bridgehead atoms. The van der Waals surface area contributed by atoms with Crippen LogP contribution in [0.1, 0.15) is 40.7 Å². The Morgan fingerprint density at radius 3 is 2.63 bits per heavy atom. The van der Waals surface area contributed by atoms with Crippen LogP contribution < -0.4 is 10.1 Å². The first kappa shape index (κ1) is 19.9. The Morgan fingerprint density at radius 1 is 1.30 bits per heavy atom. The predicted octanol–water partition coefficient (Wildman–Crippen LogP) is 3.01. The number of hydrogen-bond donors (Lipinski definition) is 1. The Balaban J connectivity index is 1.82. The minimum Gasteiger partial charge on any atom is -0.496 e. The minimum atomic E-state index is -4.49. The molecule has 0 aliphatic carbocycles. The molecule has 1 amide bonds. The molecule has 2 aliphatic rings. The third kappa shape index (κ3) is 4.38. The summed E-state index contributed by atoms with van der Waals surface area (Å²) in [7, 11) is 1.27. The Kier molecular flexibility index (Phi) is 5.95. The molecule has 1 aromatic rings. The van der Waals surface area contributed by atoms with Gasteiger partial charge in [-0.2, -0.15) is 13.2 Å². The first-order valence-corrected chi connectivity index (χ1v) is 9.19. The quantitative estimate of drug-likeness (QED) is 0.864. The van der Waals surface area contributed by atoms with Gasteiger partial charge in [-0.1, -0.05) is 0 Å². The number of amides is 1. The zero-order valence-corrected chi connectivity index (χ0v) is 15.6. The molecule has 150 valence electrons. The molecule has 2 fully saturated rings. The number of nitrogens with one attached hydrogen (secondary N) is 1. The molecule has 3 rings (SSSR count). The van der Waals surface area contributed by atoms with Crippen molar-refractivity contribution in [1.82, 2.24) is 10.2 Å². The van der Waals surface area contributed by atoms with Crippen LogP contribution in [0.3, 0.4) is 0 Å². The summed E-state index contributed by atoms with van der Waals surface area (Å²) in [6.07, 6.45) is -1.38. The molecular weight excluding hydrogens is 361 g/mol. The highest BCUT2D eigenvalue weighted by molar-refractivity contribution is 5.98. The van der Waals surface area contributed by atoms with E-state index in [4.69, 9.17) is 9.47 Å². The molecule has 2 heterocycles. The monoisotopic (exact) mass is 386 g/mol. The number of alkyl halides is 3. The molecule has 8 heteroatoms. The Bertz CT molecular complexity index is 688. The maximum Gasteiger partial charge on any atom is 0.416 e. The number of ether oxygens (including phenoxy) is 2. The lowest BCUT2D eigenvalue weighted by Gasteiger charge is -2.38. The fraction of sp³-hybridized carbons (Fsp3) is 0.632. The standard InChI is InChI=1S/C19H25F3N2O3/c1-12-9-13(19(20,21)22)10-16(26-2)17(12)18(25)23-14-11-27-8-5-15(14)24-6-3-4-7-24/h9-10,14-15H,3-8,11H2,1-2H3,(H,23,25). The third-order valence-electron chi connectivity index (χ3n) is 5.32. The van der Waals surface area contributed by atoms with Crippen LogP contribution in [-0.4, -0.2) is 56.3 Å². The van der Waals surface area contributed by atoms with Crippen molar-refractivity contribution in [3.63, 3.8) is 0 Å². The van der Waals surface area contributed by atoms with Crippen LogP contribution in [0.25, 0.3) is 0 Å². The van der Waals surface area contributed by atoms with E-state index in [1.165, 1.54) is 14.0 Å². The highest BCUT2D eigenvalue weighted by atomic mass is 19.4. The SMILES string of the molecule is COc1cc(C(F)(F)F)cc(C)c1C(=O)NC1COCCC1N1CCCC1. The van der Waals surface area contributed by atoms with Gasteiger partial charge in [0, 0.05) is 12.6 Å². The van der Waals surface area contributed by atoms with Gasteiger partial charge in [-0.05, 0) is 57.0 Å². The summed E-state index contributed by atoms with van der Waals surface area (Å²) in [4.78, 5) is 15.3. The molecule has 1 aromatic carbocycles. The lowest BCUT2D eigenvalue weighted by Crippen LogP contribution is -2.56. The van der Waals surface area contributed by atoms with E-state index in [1.807, 2.05) is 0 Å². The summed E-state index contributed by atoms with van der Waals surface area (Å²) in [5, 5.41) is 2.97. The van der Waals surface area contributed by atoms with Crippen LogP contribution in [0, 0.1) is 6.92 Å². The first-order chi connectivity index (χ1) is 12.8. The van der Waals surface area contributed by atoms with Gasteiger partial charge in [0.05, 0.1) is 30.9 Å². The van der Waals surface area contributed by atoms with Crippen molar-refractivity contribution >= 4 is 5.91 Å². The van der Waals surface area contributed by atoms with E-state index in [1.54, 1.807) is 0 Å². The zero-order chi connectivity index (χ0) is 19.6. The van der Waals surface area contributed by atoms with E-state index in [0.29, 0.717) is 13.2 Å². The fourth-order valence-corrected chi connectivity index (χ4v) is 3.99. The molecule has 0 saturated carbocycles. The minimum absolute atomic E-state index is 0.0747. The fourth-order valence-electron chi connectivity index (χ4n) is 3.99. The molecule has 2 saturated heterocycles. The van der Waals surface area contributed by atoms with Crippen molar-refractivity contribution in [2.75, 3.05) is 33.4 Å². The molecule has 2 aliphatic heterocycles. The van der Waals surface area contributed by atoms with Gasteiger partial charge in [0.25, 0.3) is 5.91 Å². The van der Waals surface area contributed by atoms with Gasteiger partial charge in [-0.3, -0.25) is 9.69 Å². The molecule has 2 unspecified atom stereocenters. The molecule has 5 nitrogen and oxygen atoms in total. The molecule has 0 spiro atoms. The van der Waals surface area contributed by atoms with Gasteiger partial charge >= 0.3 is 6.18 Å². The highest BCUT2D eigenvalue weighted by Crippen LogP contribution is 2.35. The van der Waals surface area contributed by atoms with Crippen LogP contribution >= 0.6 is 0 Å². The first-order valence-electron chi connectivity index (χ1n) is 9.19. The summed E-state index contributed by atoms with van der Waals surface area (Å²) in [6.45, 7) is 4.53. The second kappa shape index (κ2) is 8.06. The van der Waals surface area contributed by atoms with Crippen LogP contribution in [-0.2, 0) is 10.9 Å². The van der Waals surface area contributed by atoms with Crippen molar-refractivity contribution in [2.24, 2.45) is 0 Å². The van der Waals surface area contributed by atoms with E-state index in [9.17, 15) is 18.0 Å². The summed E-state index contributed by atoms with van der Waals surface area (Å²) in [6, 6.07) is 1.84. The summed E-state index contributed by atoms with van der Waals surface area (Å²) >= 11 is 0. The Hall–Kier alpha value is -1.80. The number of carbonyl (C=O) groups excluding carboxylic acids is 1. The van der Waals surface area contributed by atoms with Gasteiger partial charge in [0.2, 0.25) is 0 Å². The average molecular weight is 386 g/mol. The van der Waals surface area contributed by atoms with Gasteiger partial charge in [-0.25, -0.2) is 0 Å². The topological polar surface area (TPSA) is 50.8 Å². The average Bonchev–Trinajstić information content (AvgIpc) is 3.15. The van der Waals surface area contributed by atoms with E-state index in [2.05, 4.69) is 10.2 Å². The van der Waals surface area contributed by atoms with Crippen molar-refractivity contribution < 1.29 is 27.4 Å². The number of methoxy groups -OCH3 is 1. The number of rotatable bonds is 4. The highest BCUT2D eigenvalue weighted by Gasteiger charge is 2.35. The molecule has 1 N–H and O–H groups in total. The van der Waals surface area contributed by atoms with Crippen LogP contribution in [0.2, 0.25) is 0 Å². The van der Waals surface area contributed by atoms with E-state index >= 15 is 0 Å². The van der Waals surface area contributed by atoms with E-state index < -0.39 is 17.6 Å². The Morgan fingerprint density at radius 2 is 2.00 bits per heavy atom. The largest absolute Gasteiger partial charge is 0.496 e. The Labute approximate surface area is 156 Å². The summed E-state index contributed by atoms with van der Waals surface area (Å²) in [5.41, 5.74) is -0.464. The van der Waals surface area contributed by atoms with Gasteiger partial charge < -0.3 is 14.8 Å². The molecular formula is C19H25F3N2O3. The summed E-state index contributed by atoms with van der Waals surface area (Å²) in [5.74, 6) is -0.507. The normalized spacial score (nSPS) is 24.0. The lowest BCUT2D eigenvalue weighted by molar-refractivity contribution is -0.137. The van der Waals surface area contributed by atoms with Crippen LogP contribution in [0.4, 0.5) is 13.2 Å². The van der Waals surface area contributed by atoms with Crippen LogP contribution in [0.15, 0.2) is 12.1 Å². The van der Waals surface area contributed by atoms with Crippen molar-refractivity contribution in [1.29, 1.82) is 0 Å². The number of benzene rings is 1. The molecule has 0 radical (unpaired) electrons. The molecule has 27 heavy (non-hydrogen) atoms.